The van der Waals surface area contributed by atoms with Gasteiger partial charge in [0.05, 0.1) is 6.04 Å². The van der Waals surface area contributed by atoms with Gasteiger partial charge in [0, 0.05) is 18.7 Å². The van der Waals surface area contributed by atoms with Crippen LogP contribution in [0.3, 0.4) is 0 Å². The molecule has 1 aromatic heterocycles. The van der Waals surface area contributed by atoms with Gasteiger partial charge in [0.1, 0.15) is 17.1 Å². The van der Waals surface area contributed by atoms with Gasteiger partial charge in [-0.2, -0.15) is 0 Å². The molecule has 0 fully saturated rings. The van der Waals surface area contributed by atoms with Gasteiger partial charge in [0.15, 0.2) is 18.1 Å². The van der Waals surface area contributed by atoms with Gasteiger partial charge in [-0.15, -0.1) is 0 Å². The molecule has 1 atom stereocenters. The summed E-state index contributed by atoms with van der Waals surface area (Å²) in [5.74, 6) is 1.89. The Hall–Kier alpha value is -4.89. The number of aromatic nitrogens is 2. The first kappa shape index (κ1) is 27.3. The Balaban J connectivity index is 1.19. The van der Waals surface area contributed by atoms with Crippen molar-refractivity contribution in [3.63, 3.8) is 0 Å². The number of ether oxygens (including phenoxy) is 3. The second-order valence-corrected chi connectivity index (χ2v) is 10.5. The number of hydrogen-bond donors (Lipinski definition) is 1. The van der Waals surface area contributed by atoms with Gasteiger partial charge in [-0.25, -0.2) is 4.63 Å². The number of amides is 1. The third kappa shape index (κ3) is 5.91. The second-order valence-electron chi connectivity index (χ2n) is 10.5. The molecule has 0 saturated carbocycles. The van der Waals surface area contributed by atoms with Crippen LogP contribution in [-0.4, -0.2) is 41.6 Å². The minimum absolute atomic E-state index is 0.110. The molecule has 1 unspecified atom stereocenters. The predicted molar refractivity (Wildman–Crippen MR) is 158 cm³/mol. The standard InChI is InChI=1S/C33H32N4O5/c1-21(27-10-6-8-23-7-4-5-9-28(23)27)34-33(38)19-39-30-13-11-24(25-12-14-31-32(16-25)41-20-40-31)15-26(30)17-37(3)18-29-22(2)35-42-36-29/h4-16,21H,17-20H2,1-3H3,(H,34,38). The average molecular weight is 565 g/mol. The van der Waals surface area contributed by atoms with Crippen molar-refractivity contribution in [2.24, 2.45) is 0 Å². The zero-order chi connectivity index (χ0) is 29.1. The fourth-order valence-electron chi connectivity index (χ4n) is 5.23. The van der Waals surface area contributed by atoms with E-state index in [1.807, 2.05) is 75.5 Å². The molecule has 1 aliphatic heterocycles. The molecule has 1 N–H and O–H groups in total. The number of hydrogen-bond acceptors (Lipinski definition) is 8. The molecule has 0 bridgehead atoms. The van der Waals surface area contributed by atoms with Gasteiger partial charge in [0.2, 0.25) is 6.79 Å². The van der Waals surface area contributed by atoms with E-state index in [2.05, 4.69) is 44.8 Å². The van der Waals surface area contributed by atoms with E-state index in [1.165, 1.54) is 0 Å². The zero-order valence-corrected chi connectivity index (χ0v) is 23.8. The van der Waals surface area contributed by atoms with E-state index in [0.717, 1.165) is 55.9 Å². The Labute approximate surface area is 244 Å². The smallest absolute Gasteiger partial charge is 0.258 e. The summed E-state index contributed by atoms with van der Waals surface area (Å²) >= 11 is 0. The highest BCUT2D eigenvalue weighted by Crippen LogP contribution is 2.37. The van der Waals surface area contributed by atoms with Crippen LogP contribution < -0.4 is 19.5 Å². The van der Waals surface area contributed by atoms with Crippen molar-refractivity contribution in [2.45, 2.75) is 33.0 Å². The molecule has 42 heavy (non-hydrogen) atoms. The Bertz CT molecular complexity index is 1730. The molecular weight excluding hydrogens is 532 g/mol. The van der Waals surface area contributed by atoms with Crippen LogP contribution in [0.15, 0.2) is 83.5 Å². The number of nitrogens with zero attached hydrogens (tertiary/aromatic N) is 3. The maximum absolute atomic E-state index is 13.0. The van der Waals surface area contributed by atoms with Gasteiger partial charge in [-0.05, 0) is 72.6 Å². The van der Waals surface area contributed by atoms with E-state index in [0.29, 0.717) is 18.8 Å². The van der Waals surface area contributed by atoms with Crippen LogP contribution in [0.4, 0.5) is 0 Å². The van der Waals surface area contributed by atoms with Crippen LogP contribution >= 0.6 is 0 Å². The molecule has 6 rings (SSSR count). The zero-order valence-electron chi connectivity index (χ0n) is 23.8. The van der Waals surface area contributed by atoms with Crippen molar-refractivity contribution in [1.29, 1.82) is 0 Å². The van der Waals surface area contributed by atoms with Crippen molar-refractivity contribution < 1.29 is 23.6 Å². The molecule has 0 radical (unpaired) electrons. The largest absolute Gasteiger partial charge is 0.483 e. The summed E-state index contributed by atoms with van der Waals surface area (Å²) in [6.07, 6.45) is 0. The summed E-state index contributed by atoms with van der Waals surface area (Å²) in [4.78, 5) is 15.1. The molecule has 0 spiro atoms. The first-order valence-corrected chi connectivity index (χ1v) is 13.8. The Morgan fingerprint density at radius 3 is 2.60 bits per heavy atom. The van der Waals surface area contributed by atoms with Crippen molar-refractivity contribution in [3.8, 4) is 28.4 Å². The molecule has 2 heterocycles. The molecule has 1 amide bonds. The normalized spacial score (nSPS) is 13.0. The summed E-state index contributed by atoms with van der Waals surface area (Å²) < 4.78 is 22.0. The third-order valence-electron chi connectivity index (χ3n) is 7.40. The van der Waals surface area contributed by atoms with Crippen LogP contribution in [0.25, 0.3) is 21.9 Å². The molecule has 0 aliphatic carbocycles. The van der Waals surface area contributed by atoms with E-state index in [4.69, 9.17) is 18.8 Å². The lowest BCUT2D eigenvalue weighted by atomic mass is 10.00. The van der Waals surface area contributed by atoms with Crippen LogP contribution in [0.2, 0.25) is 0 Å². The van der Waals surface area contributed by atoms with Crippen molar-refractivity contribution in [2.75, 3.05) is 20.4 Å². The van der Waals surface area contributed by atoms with E-state index in [-0.39, 0.29) is 25.3 Å². The van der Waals surface area contributed by atoms with E-state index in [1.54, 1.807) is 0 Å². The molecule has 214 valence electrons. The van der Waals surface area contributed by atoms with Gasteiger partial charge in [0.25, 0.3) is 5.91 Å². The monoisotopic (exact) mass is 564 g/mol. The van der Waals surface area contributed by atoms with Crippen molar-refractivity contribution in [3.05, 3.63) is 101 Å². The lowest BCUT2D eigenvalue weighted by molar-refractivity contribution is -0.123. The molecule has 9 heteroatoms. The number of benzene rings is 4. The summed E-state index contributed by atoms with van der Waals surface area (Å²) in [7, 11) is 1.99. The highest BCUT2D eigenvalue weighted by atomic mass is 16.7. The highest BCUT2D eigenvalue weighted by molar-refractivity contribution is 5.87. The van der Waals surface area contributed by atoms with Crippen LogP contribution in [0.1, 0.15) is 35.5 Å². The SMILES string of the molecule is Cc1nonc1CN(C)Cc1cc(-c2ccc3c(c2)OCO3)ccc1OCC(=O)NC(C)c1cccc2ccccc12. The van der Waals surface area contributed by atoms with Crippen LogP contribution in [-0.2, 0) is 17.9 Å². The number of carbonyl (C=O) groups is 1. The first-order valence-electron chi connectivity index (χ1n) is 13.8. The maximum atomic E-state index is 13.0. The molecular formula is C33H32N4O5. The summed E-state index contributed by atoms with van der Waals surface area (Å²) in [6, 6.07) is 26.0. The summed E-state index contributed by atoms with van der Waals surface area (Å²) in [5.41, 5.74) is 5.51. The molecule has 0 saturated heterocycles. The fraction of sp³-hybridized carbons (Fsp3) is 0.242. The number of rotatable bonds is 10. The molecule has 9 nitrogen and oxygen atoms in total. The average Bonchev–Trinajstić information content (AvgIpc) is 3.64. The van der Waals surface area contributed by atoms with Gasteiger partial charge < -0.3 is 19.5 Å². The molecule has 4 aromatic carbocycles. The van der Waals surface area contributed by atoms with Crippen LogP contribution in [0.5, 0.6) is 17.2 Å². The number of fused-ring (bicyclic) bond motifs is 2. The predicted octanol–water partition coefficient (Wildman–Crippen LogP) is 5.82. The summed E-state index contributed by atoms with van der Waals surface area (Å²) in [5, 5.41) is 13.2. The topological polar surface area (TPSA) is 99.0 Å². The minimum atomic E-state index is -0.195. The van der Waals surface area contributed by atoms with Gasteiger partial charge in [-0.1, -0.05) is 64.9 Å². The lowest BCUT2D eigenvalue weighted by Crippen LogP contribution is -2.31. The quantitative estimate of drug-likeness (QED) is 0.227. The van der Waals surface area contributed by atoms with E-state index in [9.17, 15) is 4.79 Å². The minimum Gasteiger partial charge on any atom is -0.483 e. The van der Waals surface area contributed by atoms with Crippen LogP contribution in [0, 0.1) is 6.92 Å². The Kier molecular flexibility index (Phi) is 7.74. The number of carbonyl (C=O) groups excluding carboxylic acids is 1. The summed E-state index contributed by atoms with van der Waals surface area (Å²) in [6.45, 7) is 5.06. The van der Waals surface area contributed by atoms with Gasteiger partial charge >= 0.3 is 0 Å². The van der Waals surface area contributed by atoms with E-state index < -0.39 is 0 Å². The van der Waals surface area contributed by atoms with Crippen molar-refractivity contribution in [1.82, 2.24) is 20.5 Å². The van der Waals surface area contributed by atoms with E-state index >= 15 is 0 Å². The third-order valence-corrected chi connectivity index (χ3v) is 7.40. The molecule has 1 aliphatic rings. The highest BCUT2D eigenvalue weighted by Gasteiger charge is 2.18. The Morgan fingerprint density at radius 2 is 1.74 bits per heavy atom. The number of nitrogens with one attached hydrogen (secondary N) is 1. The maximum Gasteiger partial charge on any atom is 0.258 e. The molecule has 5 aromatic rings. The fourth-order valence-corrected chi connectivity index (χ4v) is 5.23. The second kappa shape index (κ2) is 11.9. The first-order chi connectivity index (χ1) is 20.4. The number of aryl methyl sites for hydroxylation is 1. The van der Waals surface area contributed by atoms with Gasteiger partial charge in [-0.3, -0.25) is 9.69 Å². The lowest BCUT2D eigenvalue weighted by Gasteiger charge is -2.20. The Morgan fingerprint density at radius 1 is 0.952 bits per heavy atom. The van der Waals surface area contributed by atoms with Crippen molar-refractivity contribution >= 4 is 16.7 Å².